The Hall–Kier alpha value is -1.70. The molecule has 0 aromatic heterocycles. The largest absolute Gasteiger partial charge is 0.509 e. The maximum atomic E-state index is 14.0. The van der Waals surface area contributed by atoms with E-state index in [4.69, 9.17) is 9.47 Å². The zero-order chi connectivity index (χ0) is 25.4. The van der Waals surface area contributed by atoms with Crippen molar-refractivity contribution in [1.82, 2.24) is 15.1 Å². The number of carbonyl (C=O) groups excluding carboxylic acids is 1. The van der Waals surface area contributed by atoms with Crippen LogP contribution in [0.1, 0.15) is 83.2 Å². The predicted molar refractivity (Wildman–Crippen MR) is 137 cm³/mol. The molecule has 1 heterocycles. The van der Waals surface area contributed by atoms with E-state index in [2.05, 4.69) is 49.1 Å². The SMILES string of the molecule is CCCCN1CNC(CCC)(OC(=O)OC)C1CC1CCC(C(c2cccc(F)c2)N(C)C)CC1. The molecule has 2 aliphatic rings. The third kappa shape index (κ3) is 6.95. The first-order valence-electron chi connectivity index (χ1n) is 13.5. The lowest BCUT2D eigenvalue weighted by atomic mass is 9.73. The monoisotopic (exact) mass is 491 g/mol. The zero-order valence-electron chi connectivity index (χ0n) is 22.4. The van der Waals surface area contributed by atoms with Gasteiger partial charge >= 0.3 is 6.16 Å². The van der Waals surface area contributed by atoms with Crippen LogP contribution in [0.15, 0.2) is 24.3 Å². The highest BCUT2D eigenvalue weighted by atomic mass is 19.1. The summed E-state index contributed by atoms with van der Waals surface area (Å²) in [5.41, 5.74) is 0.373. The number of ether oxygens (including phenoxy) is 2. The molecule has 35 heavy (non-hydrogen) atoms. The van der Waals surface area contributed by atoms with Crippen molar-refractivity contribution < 1.29 is 18.7 Å². The molecule has 1 N–H and O–H groups in total. The van der Waals surface area contributed by atoms with Gasteiger partial charge in [0, 0.05) is 12.5 Å². The molecule has 0 bridgehead atoms. The summed E-state index contributed by atoms with van der Waals surface area (Å²) in [5.74, 6) is 0.919. The van der Waals surface area contributed by atoms with Gasteiger partial charge in [-0.05, 0) is 75.9 Å². The van der Waals surface area contributed by atoms with E-state index in [9.17, 15) is 9.18 Å². The van der Waals surface area contributed by atoms with Crippen LogP contribution in [0.4, 0.5) is 9.18 Å². The van der Waals surface area contributed by atoms with Crippen LogP contribution in [0.2, 0.25) is 0 Å². The normalized spacial score (nSPS) is 28.3. The van der Waals surface area contributed by atoms with Gasteiger partial charge in [-0.25, -0.2) is 9.18 Å². The topological polar surface area (TPSA) is 54.0 Å². The van der Waals surface area contributed by atoms with Crippen molar-refractivity contribution in [2.24, 2.45) is 11.8 Å². The van der Waals surface area contributed by atoms with E-state index in [1.165, 1.54) is 13.2 Å². The van der Waals surface area contributed by atoms with Crippen LogP contribution in [0, 0.1) is 17.7 Å². The van der Waals surface area contributed by atoms with Crippen molar-refractivity contribution in [2.45, 2.75) is 89.4 Å². The third-order valence-electron chi connectivity index (χ3n) is 8.05. The highest BCUT2D eigenvalue weighted by Crippen LogP contribution is 2.43. The molecular formula is C28H46FN3O3. The zero-order valence-corrected chi connectivity index (χ0v) is 22.4. The Bertz CT molecular complexity index is 799. The molecule has 1 saturated heterocycles. The molecule has 3 atom stereocenters. The molecular weight excluding hydrogens is 445 g/mol. The van der Waals surface area contributed by atoms with Gasteiger partial charge < -0.3 is 14.4 Å². The summed E-state index contributed by atoms with van der Waals surface area (Å²) in [7, 11) is 5.57. The summed E-state index contributed by atoms with van der Waals surface area (Å²) < 4.78 is 24.8. The molecule has 2 fully saturated rings. The molecule has 1 aromatic rings. The van der Waals surface area contributed by atoms with Crippen LogP contribution >= 0.6 is 0 Å². The Morgan fingerprint density at radius 2 is 1.97 bits per heavy atom. The number of nitrogens with one attached hydrogen (secondary N) is 1. The summed E-state index contributed by atoms with van der Waals surface area (Å²) in [5, 5.41) is 3.56. The van der Waals surface area contributed by atoms with Gasteiger partial charge in [-0.3, -0.25) is 10.2 Å². The molecule has 7 heteroatoms. The van der Waals surface area contributed by atoms with E-state index in [1.807, 2.05) is 6.07 Å². The summed E-state index contributed by atoms with van der Waals surface area (Å²) in [6.07, 6.45) is 8.89. The second-order valence-electron chi connectivity index (χ2n) is 10.7. The van der Waals surface area contributed by atoms with Crippen molar-refractivity contribution in [3.63, 3.8) is 0 Å². The minimum absolute atomic E-state index is 0.141. The molecule has 0 radical (unpaired) electrons. The van der Waals surface area contributed by atoms with Crippen molar-refractivity contribution >= 4 is 6.16 Å². The Morgan fingerprint density at radius 3 is 2.57 bits per heavy atom. The Morgan fingerprint density at radius 1 is 1.23 bits per heavy atom. The van der Waals surface area contributed by atoms with Gasteiger partial charge in [-0.2, -0.15) is 0 Å². The first kappa shape index (κ1) is 27.9. The van der Waals surface area contributed by atoms with Gasteiger partial charge in [0.1, 0.15) is 5.82 Å². The fourth-order valence-electron chi connectivity index (χ4n) is 6.40. The molecule has 1 aliphatic carbocycles. The molecule has 198 valence electrons. The van der Waals surface area contributed by atoms with E-state index < -0.39 is 11.9 Å². The van der Waals surface area contributed by atoms with Crippen molar-refractivity contribution in [1.29, 1.82) is 0 Å². The highest BCUT2D eigenvalue weighted by Gasteiger charge is 2.50. The average molecular weight is 492 g/mol. The molecule has 3 rings (SSSR count). The van der Waals surface area contributed by atoms with Crippen LogP contribution < -0.4 is 5.32 Å². The van der Waals surface area contributed by atoms with Crippen LogP contribution in [0.25, 0.3) is 0 Å². The third-order valence-corrected chi connectivity index (χ3v) is 8.05. The number of halogens is 1. The maximum Gasteiger partial charge on any atom is 0.509 e. The van der Waals surface area contributed by atoms with E-state index in [1.54, 1.807) is 6.07 Å². The number of unbranched alkanes of at least 4 members (excludes halogenated alkanes) is 1. The first-order valence-corrected chi connectivity index (χ1v) is 13.5. The number of nitrogens with zero attached hydrogens (tertiary/aromatic N) is 2. The Labute approximate surface area is 211 Å². The lowest BCUT2D eigenvalue weighted by molar-refractivity contribution is -0.0705. The van der Waals surface area contributed by atoms with Gasteiger partial charge in [0.15, 0.2) is 5.72 Å². The van der Waals surface area contributed by atoms with Gasteiger partial charge in [0.25, 0.3) is 0 Å². The molecule has 3 unspecified atom stereocenters. The van der Waals surface area contributed by atoms with Crippen LogP contribution in [-0.4, -0.2) is 62.1 Å². The minimum Gasteiger partial charge on any atom is -0.438 e. The summed E-state index contributed by atoms with van der Waals surface area (Å²) in [6.45, 7) is 6.08. The number of carbonyl (C=O) groups is 1. The second-order valence-corrected chi connectivity index (χ2v) is 10.7. The van der Waals surface area contributed by atoms with Crippen LogP contribution in [0.5, 0.6) is 0 Å². The molecule has 0 spiro atoms. The molecule has 1 aromatic carbocycles. The quantitative estimate of drug-likeness (QED) is 0.387. The standard InChI is InChI=1S/C28H46FN3O3/c1-6-8-17-32-20-30-28(16-7-2,35-27(33)34-5)25(32)18-21-12-14-22(15-13-21)26(31(3)4)23-10-9-11-24(29)19-23/h9-11,19,21-22,25-26,30H,6-8,12-18,20H2,1-5H3. The van der Waals surface area contributed by atoms with E-state index in [-0.39, 0.29) is 17.9 Å². The van der Waals surface area contributed by atoms with E-state index >= 15 is 0 Å². The second kappa shape index (κ2) is 13.0. The average Bonchev–Trinajstić information content (AvgIpc) is 3.15. The molecule has 6 nitrogen and oxygen atoms in total. The van der Waals surface area contributed by atoms with Gasteiger partial charge in [0.2, 0.25) is 0 Å². The number of hydrogen-bond acceptors (Lipinski definition) is 6. The van der Waals surface area contributed by atoms with Crippen molar-refractivity contribution in [3.8, 4) is 0 Å². The van der Waals surface area contributed by atoms with Crippen LogP contribution in [0.3, 0.4) is 0 Å². The predicted octanol–water partition coefficient (Wildman–Crippen LogP) is 5.94. The fourth-order valence-corrected chi connectivity index (χ4v) is 6.40. The van der Waals surface area contributed by atoms with Crippen LogP contribution in [-0.2, 0) is 9.47 Å². The smallest absolute Gasteiger partial charge is 0.438 e. The number of methoxy groups -OCH3 is 1. The number of benzene rings is 1. The van der Waals surface area contributed by atoms with Gasteiger partial charge in [0.05, 0.1) is 19.8 Å². The summed E-state index contributed by atoms with van der Waals surface area (Å²) in [4.78, 5) is 16.9. The summed E-state index contributed by atoms with van der Waals surface area (Å²) >= 11 is 0. The van der Waals surface area contributed by atoms with E-state index in [0.29, 0.717) is 11.8 Å². The maximum absolute atomic E-state index is 14.0. The fraction of sp³-hybridized carbons (Fsp3) is 0.750. The highest BCUT2D eigenvalue weighted by molar-refractivity contribution is 5.60. The van der Waals surface area contributed by atoms with Crippen molar-refractivity contribution in [2.75, 3.05) is 34.4 Å². The Balaban J connectivity index is 1.71. The van der Waals surface area contributed by atoms with E-state index in [0.717, 1.165) is 76.6 Å². The van der Waals surface area contributed by atoms with Gasteiger partial charge in [-0.1, -0.05) is 51.7 Å². The lowest BCUT2D eigenvalue weighted by Gasteiger charge is -2.41. The first-order chi connectivity index (χ1) is 16.8. The molecule has 0 amide bonds. The lowest BCUT2D eigenvalue weighted by Crippen LogP contribution is -2.54. The van der Waals surface area contributed by atoms with Gasteiger partial charge in [-0.15, -0.1) is 0 Å². The minimum atomic E-state index is -0.694. The number of hydrogen-bond donors (Lipinski definition) is 1. The van der Waals surface area contributed by atoms with Crippen molar-refractivity contribution in [3.05, 3.63) is 35.6 Å². The Kier molecular flexibility index (Phi) is 10.4. The molecule has 1 saturated carbocycles. The number of rotatable bonds is 11. The molecule has 1 aliphatic heterocycles. The summed E-state index contributed by atoms with van der Waals surface area (Å²) in [6, 6.07) is 7.45.